The molecule has 0 aliphatic rings. The van der Waals surface area contributed by atoms with Gasteiger partial charge in [0.15, 0.2) is 0 Å². The lowest BCUT2D eigenvalue weighted by molar-refractivity contribution is -0.151. The maximum absolute atomic E-state index is 11.9. The summed E-state index contributed by atoms with van der Waals surface area (Å²) in [6.07, 6.45) is -0.692. The lowest BCUT2D eigenvalue weighted by Crippen LogP contribution is -2.51. The Balaban J connectivity index is 2.52. The molecule has 1 aromatic rings. The fraction of sp³-hybridized carbons (Fsp3) is 0.467. The van der Waals surface area contributed by atoms with E-state index in [4.69, 9.17) is 9.47 Å². The molecule has 0 unspecified atom stereocenters. The zero-order chi connectivity index (χ0) is 15.2. The van der Waals surface area contributed by atoms with Gasteiger partial charge in [0, 0.05) is 0 Å². The van der Waals surface area contributed by atoms with Crippen molar-refractivity contribution in [1.82, 2.24) is 5.32 Å². The Morgan fingerprint density at radius 3 is 2.35 bits per heavy atom. The third kappa shape index (κ3) is 5.30. The van der Waals surface area contributed by atoms with E-state index in [-0.39, 0.29) is 5.92 Å². The third-order valence-corrected chi connectivity index (χ3v) is 2.43. The number of benzene rings is 1. The largest absolute Gasteiger partial charge is 0.464 e. The number of esters is 1. The highest BCUT2D eigenvalue weighted by atomic mass is 16.6. The van der Waals surface area contributed by atoms with Crippen LogP contribution in [0.4, 0.5) is 4.79 Å². The zero-order valence-electron chi connectivity index (χ0n) is 12.3. The van der Waals surface area contributed by atoms with Gasteiger partial charge in [0.05, 0.1) is 6.61 Å². The molecular formula is C15H21NO4. The summed E-state index contributed by atoms with van der Waals surface area (Å²) in [6, 6.07) is 8.64. The maximum atomic E-state index is 11.9. The highest BCUT2D eigenvalue weighted by Crippen LogP contribution is 2.11. The van der Waals surface area contributed by atoms with Crippen LogP contribution in [-0.4, -0.2) is 24.2 Å². The van der Waals surface area contributed by atoms with Crippen molar-refractivity contribution in [2.24, 2.45) is 5.92 Å². The SMILES string of the molecule is CC(C)COC(=O)C(C)(C)NC(=O)Oc1ccccc1. The van der Waals surface area contributed by atoms with E-state index in [0.717, 1.165) is 0 Å². The second-order valence-corrected chi connectivity index (χ2v) is 5.44. The van der Waals surface area contributed by atoms with Crippen molar-refractivity contribution < 1.29 is 19.1 Å². The van der Waals surface area contributed by atoms with Gasteiger partial charge in [0.1, 0.15) is 11.3 Å². The van der Waals surface area contributed by atoms with Gasteiger partial charge in [-0.05, 0) is 31.9 Å². The molecule has 0 aromatic heterocycles. The summed E-state index contributed by atoms with van der Waals surface area (Å²) in [6.45, 7) is 7.34. The van der Waals surface area contributed by atoms with E-state index in [1.165, 1.54) is 0 Å². The van der Waals surface area contributed by atoms with E-state index < -0.39 is 17.6 Å². The molecule has 1 aromatic carbocycles. The smallest absolute Gasteiger partial charge is 0.413 e. The van der Waals surface area contributed by atoms with Crippen LogP contribution in [0.5, 0.6) is 5.75 Å². The molecule has 1 amide bonds. The lowest BCUT2D eigenvalue weighted by Gasteiger charge is -2.24. The molecule has 0 aliphatic carbocycles. The van der Waals surface area contributed by atoms with Crippen molar-refractivity contribution in [2.45, 2.75) is 33.2 Å². The van der Waals surface area contributed by atoms with Crippen LogP contribution < -0.4 is 10.1 Å². The average Bonchev–Trinajstić information content (AvgIpc) is 2.36. The molecule has 1 N–H and O–H groups in total. The van der Waals surface area contributed by atoms with E-state index in [9.17, 15) is 9.59 Å². The van der Waals surface area contributed by atoms with Gasteiger partial charge in [-0.25, -0.2) is 9.59 Å². The Bertz CT molecular complexity index is 454. The van der Waals surface area contributed by atoms with Gasteiger partial charge in [-0.2, -0.15) is 0 Å². The molecule has 0 heterocycles. The lowest BCUT2D eigenvalue weighted by atomic mass is 10.1. The predicted octanol–water partition coefficient (Wildman–Crippen LogP) is 2.75. The minimum atomic E-state index is -1.14. The van der Waals surface area contributed by atoms with Crippen molar-refractivity contribution >= 4 is 12.1 Å². The van der Waals surface area contributed by atoms with Gasteiger partial charge < -0.3 is 14.8 Å². The highest BCUT2D eigenvalue weighted by molar-refractivity contribution is 5.85. The molecule has 0 aliphatic heterocycles. The number of nitrogens with one attached hydrogen (secondary N) is 1. The Morgan fingerprint density at radius 1 is 1.20 bits per heavy atom. The van der Waals surface area contributed by atoms with Crippen LogP contribution >= 0.6 is 0 Å². The number of para-hydroxylation sites is 1. The molecule has 0 spiro atoms. The predicted molar refractivity (Wildman–Crippen MR) is 75.5 cm³/mol. The quantitative estimate of drug-likeness (QED) is 0.842. The first-order valence-corrected chi connectivity index (χ1v) is 6.53. The molecule has 0 saturated heterocycles. The Labute approximate surface area is 119 Å². The van der Waals surface area contributed by atoms with E-state index in [1.54, 1.807) is 38.1 Å². The van der Waals surface area contributed by atoms with E-state index in [0.29, 0.717) is 12.4 Å². The van der Waals surface area contributed by atoms with Crippen LogP contribution in [0.2, 0.25) is 0 Å². The number of carbonyl (C=O) groups excluding carboxylic acids is 2. The van der Waals surface area contributed by atoms with Crippen molar-refractivity contribution in [3.05, 3.63) is 30.3 Å². The van der Waals surface area contributed by atoms with Crippen molar-refractivity contribution in [2.75, 3.05) is 6.61 Å². The Morgan fingerprint density at radius 2 is 1.80 bits per heavy atom. The summed E-state index contributed by atoms with van der Waals surface area (Å²) in [7, 11) is 0. The highest BCUT2D eigenvalue weighted by Gasteiger charge is 2.32. The second-order valence-electron chi connectivity index (χ2n) is 5.44. The van der Waals surface area contributed by atoms with E-state index in [2.05, 4.69) is 5.32 Å². The summed E-state index contributed by atoms with van der Waals surface area (Å²) in [5, 5.41) is 2.49. The van der Waals surface area contributed by atoms with Gasteiger partial charge in [-0.1, -0.05) is 32.0 Å². The van der Waals surface area contributed by atoms with Crippen LogP contribution in [0.15, 0.2) is 30.3 Å². The summed E-state index contributed by atoms with van der Waals surface area (Å²) in [5.74, 6) is 0.165. The summed E-state index contributed by atoms with van der Waals surface area (Å²) >= 11 is 0. The number of hydrogen-bond acceptors (Lipinski definition) is 4. The number of carbonyl (C=O) groups is 2. The van der Waals surface area contributed by atoms with Crippen molar-refractivity contribution in [3.8, 4) is 5.75 Å². The molecule has 5 nitrogen and oxygen atoms in total. The first-order chi connectivity index (χ1) is 9.31. The van der Waals surface area contributed by atoms with Crippen LogP contribution in [0.1, 0.15) is 27.7 Å². The summed E-state index contributed by atoms with van der Waals surface area (Å²) in [5.41, 5.74) is -1.14. The topological polar surface area (TPSA) is 64.6 Å². The standard InChI is InChI=1S/C15H21NO4/c1-11(2)10-19-13(17)15(3,4)16-14(18)20-12-8-6-5-7-9-12/h5-9,11H,10H2,1-4H3,(H,16,18). The van der Waals surface area contributed by atoms with E-state index >= 15 is 0 Å². The number of rotatable bonds is 5. The minimum Gasteiger partial charge on any atom is -0.464 e. The van der Waals surface area contributed by atoms with E-state index in [1.807, 2.05) is 19.9 Å². The first kappa shape index (κ1) is 16.0. The minimum absolute atomic E-state index is 0.242. The Hall–Kier alpha value is -2.04. The molecule has 0 atom stereocenters. The van der Waals surface area contributed by atoms with Crippen LogP contribution in [0, 0.1) is 5.92 Å². The fourth-order valence-electron chi connectivity index (χ4n) is 1.35. The Kier molecular flexibility index (Phi) is 5.55. The summed E-state index contributed by atoms with van der Waals surface area (Å²) in [4.78, 5) is 23.6. The zero-order valence-corrected chi connectivity index (χ0v) is 12.3. The van der Waals surface area contributed by atoms with Gasteiger partial charge in [-0.3, -0.25) is 0 Å². The van der Waals surface area contributed by atoms with Gasteiger partial charge >= 0.3 is 12.1 Å². The molecule has 0 fully saturated rings. The molecule has 110 valence electrons. The first-order valence-electron chi connectivity index (χ1n) is 6.53. The van der Waals surface area contributed by atoms with Crippen LogP contribution in [0.3, 0.4) is 0 Å². The van der Waals surface area contributed by atoms with Gasteiger partial charge in [0.2, 0.25) is 0 Å². The molecule has 0 saturated carbocycles. The molecule has 5 heteroatoms. The molecule has 0 radical (unpaired) electrons. The molecule has 0 bridgehead atoms. The monoisotopic (exact) mass is 279 g/mol. The summed E-state index contributed by atoms with van der Waals surface area (Å²) < 4.78 is 10.2. The third-order valence-electron chi connectivity index (χ3n) is 2.43. The number of ether oxygens (including phenoxy) is 2. The van der Waals surface area contributed by atoms with Gasteiger partial charge in [-0.15, -0.1) is 0 Å². The van der Waals surface area contributed by atoms with Crippen molar-refractivity contribution in [1.29, 1.82) is 0 Å². The molecule has 20 heavy (non-hydrogen) atoms. The normalized spacial score (nSPS) is 11.1. The molecule has 1 rings (SSSR count). The number of amides is 1. The fourth-order valence-corrected chi connectivity index (χ4v) is 1.35. The van der Waals surface area contributed by atoms with Gasteiger partial charge in [0.25, 0.3) is 0 Å². The van der Waals surface area contributed by atoms with Crippen LogP contribution in [-0.2, 0) is 9.53 Å². The van der Waals surface area contributed by atoms with Crippen molar-refractivity contribution in [3.63, 3.8) is 0 Å². The molecular weight excluding hydrogens is 258 g/mol. The number of hydrogen-bond donors (Lipinski definition) is 1. The van der Waals surface area contributed by atoms with Crippen LogP contribution in [0.25, 0.3) is 0 Å². The second kappa shape index (κ2) is 6.93. The average molecular weight is 279 g/mol. The maximum Gasteiger partial charge on any atom is 0.413 e.